The van der Waals surface area contributed by atoms with E-state index in [1.807, 2.05) is 68.7 Å². The van der Waals surface area contributed by atoms with Crippen LogP contribution in [0.4, 0.5) is 11.5 Å². The second kappa shape index (κ2) is 8.66. The number of carbonyl (C=O) groups is 1. The maximum absolute atomic E-state index is 13.1. The largest absolute Gasteiger partial charge is 0.378 e. The fourth-order valence-corrected chi connectivity index (χ4v) is 3.22. The predicted octanol–water partition coefficient (Wildman–Crippen LogP) is 4.92. The lowest BCUT2D eigenvalue weighted by Gasteiger charge is -2.13. The van der Waals surface area contributed by atoms with Gasteiger partial charge in [0.2, 0.25) is 0 Å². The van der Waals surface area contributed by atoms with Crippen LogP contribution in [-0.2, 0) is 6.54 Å². The van der Waals surface area contributed by atoms with Crippen LogP contribution in [0.3, 0.4) is 0 Å². The summed E-state index contributed by atoms with van der Waals surface area (Å²) in [5, 5.41) is 7.99. The van der Waals surface area contributed by atoms with Crippen LogP contribution >= 0.6 is 0 Å². The lowest BCUT2D eigenvalue weighted by Crippen LogP contribution is -2.17. The van der Waals surface area contributed by atoms with Gasteiger partial charge >= 0.3 is 0 Å². The number of rotatable bonds is 6. The minimum absolute atomic E-state index is 0.164. The highest BCUT2D eigenvalue weighted by Gasteiger charge is 2.17. The third kappa shape index (κ3) is 4.25. The van der Waals surface area contributed by atoms with Crippen molar-refractivity contribution in [1.29, 1.82) is 0 Å². The van der Waals surface area contributed by atoms with Gasteiger partial charge in [-0.2, -0.15) is 9.78 Å². The number of hydrogen-bond acceptors (Lipinski definition) is 4. The van der Waals surface area contributed by atoms with Crippen LogP contribution in [0.15, 0.2) is 91.0 Å². The first-order chi connectivity index (χ1) is 14.6. The first-order valence-corrected chi connectivity index (χ1v) is 9.87. The van der Waals surface area contributed by atoms with E-state index in [4.69, 9.17) is 0 Å². The maximum atomic E-state index is 13.1. The summed E-state index contributed by atoms with van der Waals surface area (Å²) < 4.78 is 1.45. The van der Waals surface area contributed by atoms with Crippen LogP contribution in [0.1, 0.15) is 15.9 Å². The van der Waals surface area contributed by atoms with Crippen molar-refractivity contribution >= 4 is 17.4 Å². The molecule has 30 heavy (non-hydrogen) atoms. The smallest absolute Gasteiger partial charge is 0.280 e. The monoisotopic (exact) mass is 396 g/mol. The molecule has 5 heteroatoms. The van der Waals surface area contributed by atoms with Crippen molar-refractivity contribution in [3.05, 3.63) is 102 Å². The van der Waals surface area contributed by atoms with Gasteiger partial charge in [-0.25, -0.2) is 0 Å². The van der Waals surface area contributed by atoms with E-state index in [1.165, 1.54) is 4.68 Å². The molecule has 1 aromatic heterocycles. The van der Waals surface area contributed by atoms with E-state index < -0.39 is 0 Å². The number of nitrogens with one attached hydrogen (secondary N) is 1. The standard InChI is InChI=1S/C25H24N4O/c1-28(2)22-15-13-19(14-16-22)18-26-24-17-23(20-9-5-3-6-10-20)27-29(24)25(30)21-11-7-4-8-12-21/h3-17,26H,18H2,1-2H3. The summed E-state index contributed by atoms with van der Waals surface area (Å²) >= 11 is 0. The Hall–Kier alpha value is -3.86. The topological polar surface area (TPSA) is 50.2 Å². The fourth-order valence-electron chi connectivity index (χ4n) is 3.22. The SMILES string of the molecule is CN(C)c1ccc(CNc2cc(-c3ccccc3)nn2C(=O)c2ccccc2)cc1. The number of aromatic nitrogens is 2. The molecule has 0 saturated carbocycles. The zero-order chi connectivity index (χ0) is 20.9. The normalized spacial score (nSPS) is 10.6. The summed E-state index contributed by atoms with van der Waals surface area (Å²) in [6, 6.07) is 29.3. The molecular weight excluding hydrogens is 372 g/mol. The van der Waals surface area contributed by atoms with Crippen LogP contribution in [0.2, 0.25) is 0 Å². The van der Waals surface area contributed by atoms with Gasteiger partial charge in [-0.1, -0.05) is 60.7 Å². The van der Waals surface area contributed by atoms with Gasteiger partial charge in [0.15, 0.2) is 0 Å². The Balaban J connectivity index is 1.63. The summed E-state index contributed by atoms with van der Waals surface area (Å²) in [7, 11) is 4.04. The van der Waals surface area contributed by atoms with E-state index in [1.54, 1.807) is 12.1 Å². The van der Waals surface area contributed by atoms with Gasteiger partial charge in [-0.05, 0) is 29.8 Å². The Morgan fingerprint density at radius 3 is 2.17 bits per heavy atom. The summed E-state index contributed by atoms with van der Waals surface area (Å²) in [6.07, 6.45) is 0. The molecule has 0 bridgehead atoms. The van der Waals surface area contributed by atoms with E-state index in [0.717, 1.165) is 22.5 Å². The van der Waals surface area contributed by atoms with Crippen molar-refractivity contribution in [1.82, 2.24) is 9.78 Å². The van der Waals surface area contributed by atoms with E-state index in [-0.39, 0.29) is 5.91 Å². The van der Waals surface area contributed by atoms with Gasteiger partial charge < -0.3 is 10.2 Å². The molecule has 1 heterocycles. The molecule has 0 radical (unpaired) electrons. The van der Waals surface area contributed by atoms with Crippen molar-refractivity contribution < 1.29 is 4.79 Å². The summed E-state index contributed by atoms with van der Waals surface area (Å²) in [6.45, 7) is 0.593. The molecule has 150 valence electrons. The second-order valence-electron chi connectivity index (χ2n) is 7.28. The molecule has 4 rings (SSSR count). The molecule has 4 aromatic rings. The lowest BCUT2D eigenvalue weighted by atomic mass is 10.1. The molecule has 0 atom stereocenters. The Labute approximate surface area is 176 Å². The lowest BCUT2D eigenvalue weighted by molar-refractivity contribution is 0.0948. The molecular formula is C25H24N4O. The van der Waals surface area contributed by atoms with Crippen molar-refractivity contribution in [2.24, 2.45) is 0 Å². The minimum atomic E-state index is -0.164. The molecule has 0 saturated heterocycles. The molecule has 1 N–H and O–H groups in total. The molecule has 0 aliphatic carbocycles. The molecule has 3 aromatic carbocycles. The van der Waals surface area contributed by atoms with Crippen LogP contribution < -0.4 is 10.2 Å². The third-order valence-electron chi connectivity index (χ3n) is 4.92. The van der Waals surface area contributed by atoms with Crippen molar-refractivity contribution in [2.45, 2.75) is 6.54 Å². The number of nitrogens with zero attached hydrogens (tertiary/aromatic N) is 3. The molecule has 5 nitrogen and oxygen atoms in total. The second-order valence-corrected chi connectivity index (χ2v) is 7.28. The number of benzene rings is 3. The first-order valence-electron chi connectivity index (χ1n) is 9.87. The van der Waals surface area contributed by atoms with Gasteiger partial charge in [-0.15, -0.1) is 0 Å². The highest BCUT2D eigenvalue weighted by molar-refractivity contribution is 5.97. The van der Waals surface area contributed by atoms with Crippen LogP contribution in [-0.4, -0.2) is 29.8 Å². The van der Waals surface area contributed by atoms with E-state index >= 15 is 0 Å². The zero-order valence-electron chi connectivity index (χ0n) is 17.1. The molecule has 0 unspecified atom stereocenters. The quantitative estimate of drug-likeness (QED) is 0.503. The van der Waals surface area contributed by atoms with Gasteiger partial charge in [0.05, 0.1) is 5.69 Å². The van der Waals surface area contributed by atoms with Gasteiger partial charge in [-0.3, -0.25) is 4.79 Å². The Kier molecular flexibility index (Phi) is 5.61. The Bertz CT molecular complexity index is 1120. The van der Waals surface area contributed by atoms with E-state index in [2.05, 4.69) is 39.6 Å². The molecule has 0 aliphatic rings. The van der Waals surface area contributed by atoms with Crippen molar-refractivity contribution in [3.8, 4) is 11.3 Å². The number of carbonyl (C=O) groups excluding carboxylic acids is 1. The van der Waals surface area contributed by atoms with Crippen LogP contribution in [0, 0.1) is 0 Å². The predicted molar refractivity (Wildman–Crippen MR) is 122 cm³/mol. The van der Waals surface area contributed by atoms with E-state index in [0.29, 0.717) is 17.9 Å². The highest BCUT2D eigenvalue weighted by Crippen LogP contribution is 2.23. The molecule has 0 aliphatic heterocycles. The Morgan fingerprint density at radius 1 is 0.900 bits per heavy atom. The summed E-state index contributed by atoms with van der Waals surface area (Å²) in [5.41, 5.74) is 4.59. The minimum Gasteiger partial charge on any atom is -0.378 e. The van der Waals surface area contributed by atoms with Gasteiger partial charge in [0.25, 0.3) is 5.91 Å². The average molecular weight is 396 g/mol. The summed E-state index contributed by atoms with van der Waals surface area (Å²) in [4.78, 5) is 15.2. The molecule has 0 spiro atoms. The summed E-state index contributed by atoms with van der Waals surface area (Å²) in [5.74, 6) is 0.502. The third-order valence-corrected chi connectivity index (χ3v) is 4.92. The van der Waals surface area contributed by atoms with Crippen molar-refractivity contribution in [3.63, 3.8) is 0 Å². The van der Waals surface area contributed by atoms with Crippen LogP contribution in [0.5, 0.6) is 0 Å². The number of anilines is 2. The Morgan fingerprint density at radius 2 is 1.53 bits per heavy atom. The average Bonchev–Trinajstić information content (AvgIpc) is 3.23. The highest BCUT2D eigenvalue weighted by atomic mass is 16.2. The van der Waals surface area contributed by atoms with Crippen LogP contribution in [0.25, 0.3) is 11.3 Å². The van der Waals surface area contributed by atoms with Gasteiger partial charge in [0.1, 0.15) is 5.82 Å². The fraction of sp³-hybridized carbons (Fsp3) is 0.120. The first kappa shape index (κ1) is 19.5. The van der Waals surface area contributed by atoms with E-state index in [9.17, 15) is 4.79 Å². The maximum Gasteiger partial charge on any atom is 0.280 e. The molecule has 0 amide bonds. The molecule has 0 fully saturated rings. The number of hydrogen-bond donors (Lipinski definition) is 1. The van der Waals surface area contributed by atoms with Gasteiger partial charge in [0, 0.05) is 43.5 Å². The zero-order valence-corrected chi connectivity index (χ0v) is 17.1. The van der Waals surface area contributed by atoms with Crippen molar-refractivity contribution in [2.75, 3.05) is 24.3 Å².